The molecule has 19 heavy (non-hydrogen) atoms. The molecule has 0 fully saturated rings. The zero-order valence-electron chi connectivity index (χ0n) is 9.99. The van der Waals surface area contributed by atoms with Crippen LogP contribution in [0.1, 0.15) is 15.9 Å². The van der Waals surface area contributed by atoms with E-state index in [-0.39, 0.29) is 12.1 Å². The van der Waals surface area contributed by atoms with Crippen LogP contribution in [0.4, 0.5) is 0 Å². The summed E-state index contributed by atoms with van der Waals surface area (Å²) in [5.74, 6) is -1.35. The molecule has 0 aromatic carbocycles. The number of aryl methyl sites for hydroxylation is 1. The Morgan fingerprint density at radius 1 is 1.58 bits per heavy atom. The van der Waals surface area contributed by atoms with Gasteiger partial charge in [0.1, 0.15) is 5.56 Å². The van der Waals surface area contributed by atoms with Gasteiger partial charge in [-0.2, -0.15) is 5.10 Å². The predicted molar refractivity (Wildman–Crippen MR) is 65.0 cm³/mol. The molecule has 0 aliphatic carbocycles. The van der Waals surface area contributed by atoms with E-state index in [2.05, 4.69) is 14.9 Å². The van der Waals surface area contributed by atoms with Crippen molar-refractivity contribution in [3.63, 3.8) is 0 Å². The van der Waals surface area contributed by atoms with E-state index in [4.69, 9.17) is 5.11 Å². The summed E-state index contributed by atoms with van der Waals surface area (Å²) >= 11 is 0. The number of aromatic amines is 1. The number of carboxylic acids is 1. The van der Waals surface area contributed by atoms with E-state index in [0.29, 0.717) is 0 Å². The molecule has 0 atom stereocenters. The van der Waals surface area contributed by atoms with E-state index in [1.165, 1.54) is 0 Å². The minimum absolute atomic E-state index is 0.0707. The molecule has 0 unspecified atom stereocenters. The van der Waals surface area contributed by atoms with Crippen molar-refractivity contribution in [2.24, 2.45) is 7.05 Å². The summed E-state index contributed by atoms with van der Waals surface area (Å²) in [7, 11) is -2.12. The lowest BCUT2D eigenvalue weighted by Gasteiger charge is -2.04. The number of hydrogen-bond acceptors (Lipinski definition) is 4. The number of rotatable bonds is 5. The molecule has 8 nitrogen and oxygen atoms in total. The molecule has 0 saturated carbocycles. The number of aromatic nitrogens is 3. The lowest BCUT2D eigenvalue weighted by atomic mass is 10.4. The molecule has 2 aromatic rings. The van der Waals surface area contributed by atoms with E-state index in [0.717, 1.165) is 11.8 Å². The number of nitrogens with one attached hydrogen (secondary N) is 2. The number of nitrogens with zero attached hydrogens (tertiary/aromatic N) is 2. The zero-order valence-corrected chi connectivity index (χ0v) is 10.8. The van der Waals surface area contributed by atoms with E-state index >= 15 is 0 Å². The molecule has 0 spiro atoms. The Morgan fingerprint density at radius 2 is 2.32 bits per heavy atom. The van der Waals surface area contributed by atoms with Gasteiger partial charge in [0, 0.05) is 26.0 Å². The van der Waals surface area contributed by atoms with E-state index < -0.39 is 21.0 Å². The highest BCUT2D eigenvalue weighted by Crippen LogP contribution is 2.12. The molecular formula is C10H12N4O4S. The van der Waals surface area contributed by atoms with Gasteiger partial charge in [0.05, 0.1) is 6.20 Å². The van der Waals surface area contributed by atoms with Crippen molar-refractivity contribution >= 4 is 16.0 Å². The second-order valence-electron chi connectivity index (χ2n) is 3.93. The van der Waals surface area contributed by atoms with Gasteiger partial charge in [-0.25, -0.2) is 17.9 Å². The maximum absolute atomic E-state index is 11.9. The lowest BCUT2D eigenvalue weighted by Crippen LogP contribution is -2.25. The van der Waals surface area contributed by atoms with Crippen molar-refractivity contribution in [1.29, 1.82) is 0 Å². The Hall–Kier alpha value is -2.13. The van der Waals surface area contributed by atoms with Crippen molar-refractivity contribution in [2.75, 3.05) is 0 Å². The monoisotopic (exact) mass is 284 g/mol. The van der Waals surface area contributed by atoms with Gasteiger partial charge in [-0.1, -0.05) is 0 Å². The SMILES string of the molecule is Cn1ccc(CNS(=O)(=O)c2[nH]ncc2C(=O)O)c1. The maximum atomic E-state index is 11.9. The van der Waals surface area contributed by atoms with Crippen LogP contribution in [-0.4, -0.2) is 34.3 Å². The number of sulfonamides is 1. The van der Waals surface area contributed by atoms with Gasteiger partial charge >= 0.3 is 5.97 Å². The summed E-state index contributed by atoms with van der Waals surface area (Å²) in [6.07, 6.45) is 4.50. The van der Waals surface area contributed by atoms with Gasteiger partial charge in [0.15, 0.2) is 5.03 Å². The van der Waals surface area contributed by atoms with Crippen molar-refractivity contribution in [3.05, 3.63) is 35.8 Å². The molecule has 3 N–H and O–H groups in total. The Morgan fingerprint density at radius 3 is 2.89 bits per heavy atom. The van der Waals surface area contributed by atoms with Crippen molar-refractivity contribution < 1.29 is 18.3 Å². The number of carbonyl (C=O) groups is 1. The quantitative estimate of drug-likeness (QED) is 0.710. The topological polar surface area (TPSA) is 117 Å². The van der Waals surface area contributed by atoms with Gasteiger partial charge in [0.25, 0.3) is 10.0 Å². The molecule has 2 aromatic heterocycles. The first kappa shape index (κ1) is 13.3. The predicted octanol–water partition coefficient (Wildman–Crippen LogP) is -0.0751. The Labute approximate surface area is 109 Å². The zero-order chi connectivity index (χ0) is 14.0. The molecule has 102 valence electrons. The van der Waals surface area contributed by atoms with Gasteiger partial charge in [0.2, 0.25) is 0 Å². The average molecular weight is 284 g/mol. The molecule has 0 bridgehead atoms. The van der Waals surface area contributed by atoms with Crippen molar-refractivity contribution in [2.45, 2.75) is 11.6 Å². The van der Waals surface area contributed by atoms with Crippen LogP contribution >= 0.6 is 0 Å². The third-order valence-corrected chi connectivity index (χ3v) is 3.84. The molecule has 0 amide bonds. The number of carboxylic acid groups (broad SMARTS) is 1. The van der Waals surface area contributed by atoms with E-state index in [1.807, 2.05) is 7.05 Å². The van der Waals surface area contributed by atoms with Crippen LogP contribution < -0.4 is 4.72 Å². The molecular weight excluding hydrogens is 272 g/mol. The summed E-state index contributed by atoms with van der Waals surface area (Å²) in [6.45, 7) is 0.0707. The molecule has 0 aliphatic rings. The van der Waals surface area contributed by atoms with Gasteiger partial charge in [-0.05, 0) is 11.6 Å². The minimum Gasteiger partial charge on any atom is -0.478 e. The van der Waals surface area contributed by atoms with Crippen LogP contribution in [0.15, 0.2) is 29.7 Å². The molecule has 0 aliphatic heterocycles. The first-order valence-electron chi connectivity index (χ1n) is 5.27. The normalized spacial score (nSPS) is 11.6. The smallest absolute Gasteiger partial charge is 0.340 e. The van der Waals surface area contributed by atoms with Gasteiger partial charge < -0.3 is 9.67 Å². The number of aromatic carboxylic acids is 1. The van der Waals surface area contributed by atoms with Crippen LogP contribution in [0.25, 0.3) is 0 Å². The summed E-state index contributed by atoms with van der Waals surface area (Å²) in [6, 6.07) is 1.76. The summed E-state index contributed by atoms with van der Waals surface area (Å²) in [5.41, 5.74) is 0.378. The number of H-pyrrole nitrogens is 1. The summed E-state index contributed by atoms with van der Waals surface area (Å²) in [4.78, 5) is 10.9. The highest BCUT2D eigenvalue weighted by atomic mass is 32.2. The van der Waals surface area contributed by atoms with E-state index in [9.17, 15) is 13.2 Å². The fourth-order valence-electron chi connectivity index (χ4n) is 1.55. The molecule has 2 heterocycles. The lowest BCUT2D eigenvalue weighted by molar-refractivity contribution is 0.0692. The third kappa shape index (κ3) is 2.83. The van der Waals surface area contributed by atoms with Crippen molar-refractivity contribution in [3.8, 4) is 0 Å². The molecule has 2 rings (SSSR count). The van der Waals surface area contributed by atoms with Crippen LogP contribution in [-0.2, 0) is 23.6 Å². The standard InChI is InChI=1S/C10H12N4O4S/c1-14-3-2-7(6-14)4-12-19(17,18)9-8(10(15)16)5-11-13-9/h2-3,5-6,12H,4H2,1H3,(H,11,13)(H,15,16). The van der Waals surface area contributed by atoms with Crippen LogP contribution in [0.5, 0.6) is 0 Å². The van der Waals surface area contributed by atoms with Crippen LogP contribution in [0.2, 0.25) is 0 Å². The molecule has 0 saturated heterocycles. The van der Waals surface area contributed by atoms with Gasteiger partial charge in [-0.3, -0.25) is 5.10 Å². The highest BCUT2D eigenvalue weighted by molar-refractivity contribution is 7.89. The second kappa shape index (κ2) is 4.86. The average Bonchev–Trinajstić information content (AvgIpc) is 2.94. The Balaban J connectivity index is 2.18. The van der Waals surface area contributed by atoms with Crippen LogP contribution in [0, 0.1) is 0 Å². The Bertz CT molecular complexity index is 701. The van der Waals surface area contributed by atoms with Crippen LogP contribution in [0.3, 0.4) is 0 Å². The first-order valence-corrected chi connectivity index (χ1v) is 6.75. The second-order valence-corrected chi connectivity index (χ2v) is 5.63. The fraction of sp³-hybridized carbons (Fsp3) is 0.200. The summed E-state index contributed by atoms with van der Waals surface area (Å²) < 4.78 is 28.0. The largest absolute Gasteiger partial charge is 0.478 e. The first-order chi connectivity index (χ1) is 8.90. The maximum Gasteiger partial charge on any atom is 0.340 e. The third-order valence-electron chi connectivity index (χ3n) is 2.46. The van der Waals surface area contributed by atoms with E-state index in [1.54, 1.807) is 23.0 Å². The Kier molecular flexibility index (Phi) is 3.40. The van der Waals surface area contributed by atoms with Crippen molar-refractivity contribution in [1.82, 2.24) is 19.5 Å². The fourth-order valence-corrected chi connectivity index (χ4v) is 2.65. The number of hydrogen-bond donors (Lipinski definition) is 3. The summed E-state index contributed by atoms with van der Waals surface area (Å²) in [5, 5.41) is 14.0. The highest BCUT2D eigenvalue weighted by Gasteiger charge is 2.24. The molecule has 9 heteroatoms. The minimum atomic E-state index is -3.94. The van der Waals surface area contributed by atoms with Gasteiger partial charge in [-0.15, -0.1) is 0 Å². The molecule has 0 radical (unpaired) electrons.